The molecule has 0 saturated carbocycles. The van der Waals surface area contributed by atoms with Gasteiger partial charge in [0, 0.05) is 32.7 Å². The van der Waals surface area contributed by atoms with Crippen LogP contribution in [0.15, 0.2) is 23.1 Å². The second-order valence-electron chi connectivity index (χ2n) is 6.87. The Morgan fingerprint density at radius 2 is 1.77 bits per heavy atom. The van der Waals surface area contributed by atoms with Gasteiger partial charge in [-0.1, -0.05) is 12.5 Å². The molecule has 1 aromatic rings. The van der Waals surface area contributed by atoms with Gasteiger partial charge in [-0.2, -0.15) is 4.31 Å². The SMILES string of the molecule is Cc1ccc(S(=O)(=O)N2CCCCC2)cc1C(=O)N[C@@H](C)C(=O)N(C)C. The summed E-state index contributed by atoms with van der Waals surface area (Å²) in [6.45, 7) is 4.35. The number of carbonyl (C=O) groups excluding carboxylic acids is 2. The van der Waals surface area contributed by atoms with Crippen molar-refractivity contribution in [3.63, 3.8) is 0 Å². The van der Waals surface area contributed by atoms with Gasteiger partial charge in [-0.25, -0.2) is 8.42 Å². The van der Waals surface area contributed by atoms with Crippen molar-refractivity contribution in [2.24, 2.45) is 0 Å². The van der Waals surface area contributed by atoms with Crippen LogP contribution < -0.4 is 5.32 Å². The molecular weight excluding hydrogens is 354 g/mol. The average molecular weight is 381 g/mol. The molecule has 1 aliphatic heterocycles. The largest absolute Gasteiger partial charge is 0.347 e. The van der Waals surface area contributed by atoms with E-state index in [1.54, 1.807) is 34.0 Å². The molecular formula is C18H27N3O4S. The van der Waals surface area contributed by atoms with E-state index >= 15 is 0 Å². The molecule has 0 aliphatic carbocycles. The van der Waals surface area contributed by atoms with Gasteiger partial charge in [0.2, 0.25) is 15.9 Å². The van der Waals surface area contributed by atoms with Gasteiger partial charge in [0.1, 0.15) is 6.04 Å². The average Bonchev–Trinajstić information content (AvgIpc) is 2.61. The molecule has 1 N–H and O–H groups in total. The summed E-state index contributed by atoms with van der Waals surface area (Å²) in [5.41, 5.74) is 0.922. The van der Waals surface area contributed by atoms with Crippen molar-refractivity contribution in [1.82, 2.24) is 14.5 Å². The molecule has 0 unspecified atom stereocenters. The van der Waals surface area contributed by atoms with Gasteiger partial charge in [-0.15, -0.1) is 0 Å². The molecule has 1 aliphatic rings. The smallest absolute Gasteiger partial charge is 0.252 e. The quantitative estimate of drug-likeness (QED) is 0.835. The maximum Gasteiger partial charge on any atom is 0.252 e. The van der Waals surface area contributed by atoms with Crippen molar-refractivity contribution in [2.45, 2.75) is 44.0 Å². The third-order valence-electron chi connectivity index (χ3n) is 4.57. The molecule has 0 bridgehead atoms. The lowest BCUT2D eigenvalue weighted by atomic mass is 10.1. The first-order valence-electron chi connectivity index (χ1n) is 8.77. The first-order valence-corrected chi connectivity index (χ1v) is 10.2. The summed E-state index contributed by atoms with van der Waals surface area (Å²) in [6, 6.07) is 3.87. The number of hydrogen-bond donors (Lipinski definition) is 1. The maximum atomic E-state index is 12.8. The predicted octanol–water partition coefficient (Wildman–Crippen LogP) is 1.38. The Morgan fingerprint density at radius 1 is 1.15 bits per heavy atom. The summed E-state index contributed by atoms with van der Waals surface area (Å²) < 4.78 is 27.1. The van der Waals surface area contributed by atoms with Crippen molar-refractivity contribution >= 4 is 21.8 Å². The Kier molecular flexibility index (Phi) is 6.41. The molecule has 26 heavy (non-hydrogen) atoms. The fourth-order valence-electron chi connectivity index (χ4n) is 2.98. The number of carbonyl (C=O) groups is 2. The van der Waals surface area contributed by atoms with Crippen molar-refractivity contribution in [3.05, 3.63) is 29.3 Å². The van der Waals surface area contributed by atoms with Crippen molar-refractivity contribution in [3.8, 4) is 0 Å². The van der Waals surface area contributed by atoms with Crippen molar-refractivity contribution < 1.29 is 18.0 Å². The van der Waals surface area contributed by atoms with Crippen LogP contribution >= 0.6 is 0 Å². The number of benzene rings is 1. The fraction of sp³-hybridized carbons (Fsp3) is 0.556. The molecule has 0 spiro atoms. The zero-order chi connectivity index (χ0) is 19.5. The molecule has 0 radical (unpaired) electrons. The monoisotopic (exact) mass is 381 g/mol. The third-order valence-corrected chi connectivity index (χ3v) is 6.46. The first kappa shape index (κ1) is 20.4. The van der Waals surface area contributed by atoms with E-state index in [9.17, 15) is 18.0 Å². The summed E-state index contributed by atoms with van der Waals surface area (Å²) in [4.78, 5) is 26.0. The number of nitrogens with one attached hydrogen (secondary N) is 1. The summed E-state index contributed by atoms with van der Waals surface area (Å²) in [5, 5.41) is 2.64. The summed E-state index contributed by atoms with van der Waals surface area (Å²) in [7, 11) is -0.389. The minimum Gasteiger partial charge on any atom is -0.347 e. The molecule has 144 valence electrons. The van der Waals surface area contributed by atoms with Crippen LogP contribution in [0.1, 0.15) is 42.1 Å². The van der Waals surface area contributed by atoms with Gasteiger partial charge < -0.3 is 10.2 Å². The second kappa shape index (κ2) is 8.18. The highest BCUT2D eigenvalue weighted by molar-refractivity contribution is 7.89. The topological polar surface area (TPSA) is 86.8 Å². The van der Waals surface area contributed by atoms with E-state index in [-0.39, 0.29) is 16.4 Å². The number of nitrogens with zero attached hydrogens (tertiary/aromatic N) is 2. The molecule has 8 heteroatoms. The van der Waals surface area contributed by atoms with E-state index in [2.05, 4.69) is 5.32 Å². The number of piperidine rings is 1. The zero-order valence-electron chi connectivity index (χ0n) is 15.8. The minimum absolute atomic E-state index is 0.113. The van der Waals surface area contributed by atoms with Crippen LogP contribution in [0.5, 0.6) is 0 Å². The Labute approximate surface area is 155 Å². The molecule has 1 heterocycles. The number of amides is 2. The van der Waals surface area contributed by atoms with E-state index < -0.39 is 22.0 Å². The molecule has 0 aromatic heterocycles. The molecule has 1 fully saturated rings. The van der Waals surface area contributed by atoms with Crippen LogP contribution in [-0.2, 0) is 14.8 Å². The highest BCUT2D eigenvalue weighted by Gasteiger charge is 2.27. The van der Waals surface area contributed by atoms with E-state index in [0.717, 1.165) is 19.3 Å². The van der Waals surface area contributed by atoms with Crippen LogP contribution in [0.2, 0.25) is 0 Å². The third kappa shape index (κ3) is 4.42. The summed E-state index contributed by atoms with van der Waals surface area (Å²) >= 11 is 0. The predicted molar refractivity (Wildman–Crippen MR) is 99.4 cm³/mol. The van der Waals surface area contributed by atoms with Crippen molar-refractivity contribution in [1.29, 1.82) is 0 Å². The molecule has 1 saturated heterocycles. The minimum atomic E-state index is -3.61. The van der Waals surface area contributed by atoms with E-state index in [1.165, 1.54) is 21.3 Å². The highest BCUT2D eigenvalue weighted by Crippen LogP contribution is 2.23. The van der Waals surface area contributed by atoms with Gasteiger partial charge in [0.05, 0.1) is 4.90 Å². The normalized spacial score (nSPS) is 16.8. The van der Waals surface area contributed by atoms with Crippen LogP contribution in [0.4, 0.5) is 0 Å². The molecule has 2 rings (SSSR count). The van der Waals surface area contributed by atoms with Crippen LogP contribution in [-0.4, -0.2) is 62.7 Å². The molecule has 2 amide bonds. The summed E-state index contributed by atoms with van der Waals surface area (Å²) in [6.07, 6.45) is 2.73. The van der Waals surface area contributed by atoms with Crippen LogP contribution in [0.3, 0.4) is 0 Å². The standard InChI is InChI=1S/C18H27N3O4S/c1-13-8-9-15(26(24,25)21-10-6-5-7-11-21)12-16(13)17(22)19-14(2)18(23)20(3)4/h8-9,12,14H,5-7,10-11H2,1-4H3,(H,19,22)/t14-/m0/s1. The molecule has 7 nitrogen and oxygen atoms in total. The second-order valence-corrected chi connectivity index (χ2v) is 8.81. The number of aryl methyl sites for hydroxylation is 1. The van der Waals surface area contributed by atoms with Crippen LogP contribution in [0.25, 0.3) is 0 Å². The van der Waals surface area contributed by atoms with Gasteiger partial charge in [0.25, 0.3) is 5.91 Å². The lowest BCUT2D eigenvalue weighted by Crippen LogP contribution is -2.44. The van der Waals surface area contributed by atoms with E-state index in [1.807, 2.05) is 0 Å². The number of sulfonamides is 1. The molecule has 1 aromatic carbocycles. The Balaban J connectivity index is 2.26. The number of rotatable bonds is 5. The van der Waals surface area contributed by atoms with Gasteiger partial charge in [0.15, 0.2) is 0 Å². The van der Waals surface area contributed by atoms with Crippen molar-refractivity contribution in [2.75, 3.05) is 27.2 Å². The first-order chi connectivity index (χ1) is 12.1. The number of hydrogen-bond acceptors (Lipinski definition) is 4. The summed E-state index contributed by atoms with van der Waals surface area (Å²) in [5.74, 6) is -0.686. The Morgan fingerprint density at radius 3 is 2.35 bits per heavy atom. The lowest BCUT2D eigenvalue weighted by molar-refractivity contribution is -0.130. The van der Waals surface area contributed by atoms with Gasteiger partial charge in [-0.3, -0.25) is 9.59 Å². The Bertz CT molecular complexity index is 784. The van der Waals surface area contributed by atoms with Crippen LogP contribution in [0, 0.1) is 6.92 Å². The fourth-order valence-corrected chi connectivity index (χ4v) is 4.53. The Hall–Kier alpha value is -1.93. The van der Waals surface area contributed by atoms with Gasteiger partial charge in [-0.05, 0) is 44.4 Å². The lowest BCUT2D eigenvalue weighted by Gasteiger charge is -2.26. The maximum absolute atomic E-state index is 12.8. The zero-order valence-corrected chi connectivity index (χ0v) is 16.6. The van der Waals surface area contributed by atoms with Gasteiger partial charge >= 0.3 is 0 Å². The number of likely N-dealkylation sites (N-methyl/N-ethyl adjacent to an activating group) is 1. The molecule has 1 atom stereocenters. The van der Waals surface area contributed by atoms with E-state index in [0.29, 0.717) is 18.7 Å². The highest BCUT2D eigenvalue weighted by atomic mass is 32.2. The van der Waals surface area contributed by atoms with E-state index in [4.69, 9.17) is 0 Å².